The van der Waals surface area contributed by atoms with Gasteiger partial charge in [-0.15, -0.1) is 0 Å². The molecular weight excluding hydrogens is 1450 g/mol. The number of urea groups is 1. The van der Waals surface area contributed by atoms with Gasteiger partial charge in [0.05, 0.1) is 135 Å². The van der Waals surface area contributed by atoms with Crippen molar-refractivity contribution in [2.24, 2.45) is 0 Å². The number of anilines is 3. The summed E-state index contributed by atoms with van der Waals surface area (Å²) in [5.41, 5.74) is 6.70. The van der Waals surface area contributed by atoms with E-state index in [2.05, 4.69) is 61.5 Å². The molecule has 3 fully saturated rings. The number of aryl methyl sites for hydroxylation is 1. The van der Waals surface area contributed by atoms with E-state index in [0.717, 1.165) is 103 Å². The summed E-state index contributed by atoms with van der Waals surface area (Å²) in [7, 11) is 0. The highest BCUT2D eigenvalue weighted by atomic mass is 35.5. The summed E-state index contributed by atoms with van der Waals surface area (Å²) in [5, 5.41) is 21.1. The van der Waals surface area contributed by atoms with Crippen molar-refractivity contribution in [3.63, 3.8) is 0 Å². The van der Waals surface area contributed by atoms with E-state index in [4.69, 9.17) is 75.8 Å². The largest absolute Gasteiger partial charge is 0.462 e. The molecule has 110 heavy (non-hydrogen) atoms. The number of nitrogens with zero attached hydrogens (tertiary/aromatic N) is 8. The van der Waals surface area contributed by atoms with Crippen LogP contribution in [-0.4, -0.2) is 224 Å². The van der Waals surface area contributed by atoms with Gasteiger partial charge in [0.25, 0.3) is 11.8 Å². The number of rotatable bonds is 50. The second-order valence-corrected chi connectivity index (χ2v) is 29.3. The third-order valence-electron chi connectivity index (χ3n) is 20.6. The first-order valence-electron chi connectivity index (χ1n) is 39.5. The van der Waals surface area contributed by atoms with Crippen LogP contribution in [-0.2, 0) is 84.8 Å². The zero-order valence-electron chi connectivity index (χ0n) is 63.6. The molecule has 598 valence electrons. The highest BCUT2D eigenvalue weighted by Gasteiger charge is 2.40. The summed E-state index contributed by atoms with van der Waals surface area (Å²) in [6.45, 7) is 16.1. The van der Waals surface area contributed by atoms with E-state index in [-0.39, 0.29) is 62.4 Å². The van der Waals surface area contributed by atoms with Crippen LogP contribution in [0, 0.1) is 11.3 Å². The van der Waals surface area contributed by atoms with Crippen molar-refractivity contribution in [2.45, 2.75) is 160 Å². The van der Waals surface area contributed by atoms with Crippen molar-refractivity contribution in [1.29, 1.82) is 5.26 Å². The Hall–Kier alpha value is -7.65. The Morgan fingerprint density at radius 1 is 0.645 bits per heavy atom. The number of carbonyl (C=O) groups excluding carboxylic acids is 5. The molecule has 28 heteroatoms. The van der Waals surface area contributed by atoms with E-state index >= 15 is 0 Å². The van der Waals surface area contributed by atoms with Crippen LogP contribution in [0.25, 0.3) is 10.8 Å². The number of unbranched alkanes of at least 4 members (excludes halogenated alkanes) is 11. The number of amides is 6. The molecule has 4 aromatic carbocycles. The van der Waals surface area contributed by atoms with Gasteiger partial charge in [0.15, 0.2) is 5.83 Å². The van der Waals surface area contributed by atoms with Crippen LogP contribution >= 0.6 is 23.2 Å². The maximum atomic E-state index is 14.1. The number of imide groups is 1. The van der Waals surface area contributed by atoms with Crippen LogP contribution in [0.5, 0.6) is 6.01 Å². The zero-order valence-corrected chi connectivity index (χ0v) is 65.1. The molecule has 10 rings (SSSR count). The fraction of sp³-hybridized carbons (Fsp3) is 0.585. The van der Waals surface area contributed by atoms with Crippen LogP contribution in [0.1, 0.15) is 147 Å². The van der Waals surface area contributed by atoms with Gasteiger partial charge in [-0.05, 0) is 110 Å². The van der Waals surface area contributed by atoms with Crippen LogP contribution < -0.4 is 30.5 Å². The normalized spacial score (nSPS) is 17.2. The van der Waals surface area contributed by atoms with Crippen LogP contribution in [0.3, 0.4) is 0 Å². The standard InChI is InChI=1S/C82H110Cl2FN11O14/c1-60(85)79(99)95-33-32-94(57-67(95)27-29-86)77-70-28-31-93(73-22-15-19-63-18-14-21-71(84)76(63)73)58-72(70)89-82(91-77)110-59-68-20-16-30-92(68)34-36-103-38-40-105-42-44-107-46-48-109-50-49-108-47-45-106-43-41-104-39-37-102-35-13-11-9-7-5-3-2-4-6-8-10-12-17-61-52-65(83)54-66(53-61)88-81(101)87-55-62-23-24-69-64(51-62)56-96(80(69)100)74-25-26-75(97)90-78(74)98/h14-15,18-19,21-24,51-54,67-68,74H,1-13,16-17,20,25-28,30-50,55-59H2,(H2,87,88,101)(H,90,97,98)/t67-,68-,74?/m0/s1. The number of ether oxygens (including phenoxy) is 9. The topological polar surface area (TPSA) is 270 Å². The highest BCUT2D eigenvalue weighted by molar-refractivity contribution is 6.36. The number of likely N-dealkylation sites (tertiary alicyclic amines) is 1. The summed E-state index contributed by atoms with van der Waals surface area (Å²) in [4.78, 5) is 82.5. The average Bonchev–Trinajstić information content (AvgIpc) is 1.62. The third-order valence-corrected chi connectivity index (χ3v) is 21.1. The lowest BCUT2D eigenvalue weighted by molar-refractivity contribution is -0.137. The first-order chi connectivity index (χ1) is 53.8. The minimum absolute atomic E-state index is 0.0385. The lowest BCUT2D eigenvalue weighted by atomic mass is 10.0. The Labute approximate surface area is 656 Å². The first kappa shape index (κ1) is 84.8. The molecule has 5 aliphatic heterocycles. The van der Waals surface area contributed by atoms with Crippen molar-refractivity contribution < 1.29 is 71.0 Å². The number of carbonyl (C=O) groups is 5. The number of piperazine rings is 1. The Morgan fingerprint density at radius 3 is 1.92 bits per heavy atom. The number of hydrogen-bond acceptors (Lipinski definition) is 20. The Balaban J connectivity index is 0.461. The SMILES string of the molecule is C=C(F)C(=O)N1CCN(c2nc(OC[C@@H]3CCCN3CCOCCOCCOCCOCCOCCOCCOCCOCCCCCCCCCCCCCCc3cc(Cl)cc(NC(=O)NCc4ccc5c(c4)CN(C4CCC(=O)NC4=O)C5=O)c3)nc3c2CCN(c2cccc4cccc(Cl)c24)C3)C[C@@H]1CC#N. The second-order valence-electron chi connectivity index (χ2n) is 28.5. The number of hydrogen-bond donors (Lipinski definition) is 3. The smallest absolute Gasteiger partial charge is 0.319 e. The summed E-state index contributed by atoms with van der Waals surface area (Å²) < 4.78 is 66.3. The summed E-state index contributed by atoms with van der Waals surface area (Å²) >= 11 is 13.2. The lowest BCUT2D eigenvalue weighted by Gasteiger charge is -2.42. The van der Waals surface area contributed by atoms with Gasteiger partial charge >= 0.3 is 12.0 Å². The van der Waals surface area contributed by atoms with Gasteiger partial charge in [-0.1, -0.05) is 130 Å². The van der Waals surface area contributed by atoms with Gasteiger partial charge in [0, 0.05) is 97.8 Å². The molecule has 1 unspecified atom stereocenters. The molecule has 1 aromatic heterocycles. The summed E-state index contributed by atoms with van der Waals surface area (Å²) in [6.07, 6.45) is 18.6. The van der Waals surface area contributed by atoms with Gasteiger partial charge in [-0.2, -0.15) is 15.2 Å². The van der Waals surface area contributed by atoms with E-state index in [1.807, 2.05) is 36.4 Å². The van der Waals surface area contributed by atoms with Gasteiger partial charge in [-0.25, -0.2) is 9.18 Å². The van der Waals surface area contributed by atoms with Crippen molar-refractivity contribution in [3.8, 4) is 12.1 Å². The minimum atomic E-state index is -1.04. The molecule has 6 heterocycles. The predicted octanol–water partition coefficient (Wildman–Crippen LogP) is 11.9. The summed E-state index contributed by atoms with van der Waals surface area (Å²) in [5.74, 6) is -2.12. The molecule has 5 aromatic rings. The van der Waals surface area contributed by atoms with Crippen molar-refractivity contribution >= 4 is 80.8 Å². The van der Waals surface area contributed by atoms with Crippen molar-refractivity contribution in [1.82, 2.24) is 35.3 Å². The number of aromatic nitrogens is 2. The van der Waals surface area contributed by atoms with E-state index in [9.17, 15) is 33.6 Å². The number of benzene rings is 4. The molecule has 6 amide bonds. The monoisotopic (exact) mass is 1560 g/mol. The quantitative estimate of drug-likeness (QED) is 0.0185. The van der Waals surface area contributed by atoms with Crippen LogP contribution in [0.2, 0.25) is 10.0 Å². The number of fused-ring (bicyclic) bond motifs is 3. The number of piperidine rings is 1. The maximum Gasteiger partial charge on any atom is 0.319 e. The molecule has 25 nitrogen and oxygen atoms in total. The number of nitrogens with one attached hydrogen (secondary N) is 3. The highest BCUT2D eigenvalue weighted by Crippen LogP contribution is 2.38. The molecule has 5 aliphatic rings. The van der Waals surface area contributed by atoms with E-state index in [1.54, 1.807) is 18.2 Å². The van der Waals surface area contributed by atoms with Gasteiger partial charge in [0.1, 0.15) is 18.5 Å². The fourth-order valence-electron chi connectivity index (χ4n) is 14.8. The van der Waals surface area contributed by atoms with Gasteiger partial charge in [-0.3, -0.25) is 29.4 Å². The van der Waals surface area contributed by atoms with Crippen molar-refractivity contribution in [2.75, 3.05) is 167 Å². The molecular formula is C82H110Cl2FN11O14. The Morgan fingerprint density at radius 2 is 1.27 bits per heavy atom. The lowest BCUT2D eigenvalue weighted by Crippen LogP contribution is -2.55. The van der Waals surface area contributed by atoms with E-state index in [0.29, 0.717) is 172 Å². The van der Waals surface area contributed by atoms with E-state index in [1.165, 1.54) is 67.6 Å². The predicted molar refractivity (Wildman–Crippen MR) is 419 cm³/mol. The van der Waals surface area contributed by atoms with E-state index < -0.39 is 29.7 Å². The molecule has 0 radical (unpaired) electrons. The van der Waals surface area contributed by atoms with Crippen LogP contribution in [0.4, 0.5) is 26.4 Å². The van der Waals surface area contributed by atoms with Gasteiger partial charge in [0.2, 0.25) is 11.8 Å². The third kappa shape index (κ3) is 26.8. The fourth-order valence-corrected chi connectivity index (χ4v) is 15.4. The second kappa shape index (κ2) is 46.4. The number of nitriles is 1. The van der Waals surface area contributed by atoms with Crippen LogP contribution in [0.15, 0.2) is 85.2 Å². The van der Waals surface area contributed by atoms with Gasteiger partial charge < -0.3 is 72.9 Å². The molecule has 3 N–H and O–H groups in total. The molecule has 0 aliphatic carbocycles. The molecule has 0 saturated carbocycles. The summed E-state index contributed by atoms with van der Waals surface area (Å²) in [6, 6.07) is 24.2. The Bertz CT molecular complexity index is 3830. The molecule has 3 atom stereocenters. The van der Waals surface area contributed by atoms with Crippen molar-refractivity contribution in [3.05, 3.63) is 129 Å². The maximum absolute atomic E-state index is 14.1. The molecule has 3 saturated heterocycles. The average molecular weight is 1560 g/mol. The number of halogens is 3. The zero-order chi connectivity index (χ0) is 77.1. The molecule has 0 spiro atoms. The minimum Gasteiger partial charge on any atom is -0.462 e. The first-order valence-corrected chi connectivity index (χ1v) is 40.2. The molecule has 0 bridgehead atoms. The Kier molecular flexibility index (Phi) is 35.7.